The number of pyridine rings is 1. The third kappa shape index (κ3) is 3.30. The Kier molecular flexibility index (Phi) is 3.94. The molecule has 1 aromatic heterocycles. The maximum absolute atomic E-state index is 10.7. The van der Waals surface area contributed by atoms with Crippen molar-refractivity contribution in [2.75, 3.05) is 5.32 Å². The van der Waals surface area contributed by atoms with Gasteiger partial charge in [-0.25, -0.2) is 4.79 Å². The maximum Gasteiger partial charge on any atom is 0.335 e. The van der Waals surface area contributed by atoms with E-state index in [1.807, 2.05) is 6.07 Å². The number of rotatable bonds is 4. The van der Waals surface area contributed by atoms with Crippen LogP contribution in [0.2, 0.25) is 0 Å². The summed E-state index contributed by atoms with van der Waals surface area (Å²) in [4.78, 5) is 14.8. The molecule has 0 bridgehead atoms. The molecule has 0 aliphatic heterocycles. The fourth-order valence-corrected chi connectivity index (χ4v) is 1.90. The third-order valence-corrected chi connectivity index (χ3v) is 2.82. The van der Waals surface area contributed by atoms with Crippen LogP contribution in [0, 0.1) is 0 Å². The van der Waals surface area contributed by atoms with Gasteiger partial charge in [-0.3, -0.25) is 4.98 Å². The van der Waals surface area contributed by atoms with E-state index >= 15 is 0 Å². The summed E-state index contributed by atoms with van der Waals surface area (Å²) in [5, 5.41) is 12.0. The molecule has 2 N–H and O–H groups in total. The fourth-order valence-electron chi connectivity index (χ4n) is 1.49. The summed E-state index contributed by atoms with van der Waals surface area (Å²) in [7, 11) is 0. The Labute approximate surface area is 113 Å². The van der Waals surface area contributed by atoms with Gasteiger partial charge in [0, 0.05) is 29.1 Å². The molecule has 1 heterocycles. The van der Waals surface area contributed by atoms with E-state index in [0.717, 1.165) is 15.7 Å². The summed E-state index contributed by atoms with van der Waals surface area (Å²) < 4.78 is 0.933. The third-order valence-electron chi connectivity index (χ3n) is 2.39. The molecule has 92 valence electrons. The molecule has 4 nitrogen and oxygen atoms in total. The zero-order valence-electron chi connectivity index (χ0n) is 9.43. The molecule has 0 radical (unpaired) electrons. The number of hydrogen-bond donors (Lipinski definition) is 2. The summed E-state index contributed by atoms with van der Waals surface area (Å²) in [5.41, 5.74) is 2.20. The molecule has 2 aromatic rings. The first-order valence-corrected chi connectivity index (χ1v) is 6.11. The van der Waals surface area contributed by atoms with Gasteiger partial charge < -0.3 is 10.4 Å². The molecule has 0 fully saturated rings. The van der Waals surface area contributed by atoms with Gasteiger partial charge in [-0.1, -0.05) is 0 Å². The number of hydrogen-bond acceptors (Lipinski definition) is 3. The first kappa shape index (κ1) is 12.6. The monoisotopic (exact) mass is 306 g/mol. The molecule has 0 spiro atoms. The summed E-state index contributed by atoms with van der Waals surface area (Å²) in [6.45, 7) is 0.638. The zero-order chi connectivity index (χ0) is 13.0. The zero-order valence-corrected chi connectivity index (χ0v) is 11.0. The Morgan fingerprint density at radius 1 is 1.28 bits per heavy atom. The van der Waals surface area contributed by atoms with Crippen molar-refractivity contribution in [1.82, 2.24) is 4.98 Å². The van der Waals surface area contributed by atoms with Crippen LogP contribution in [0.25, 0.3) is 0 Å². The predicted octanol–water partition coefficient (Wildman–Crippen LogP) is 3.15. The molecule has 18 heavy (non-hydrogen) atoms. The minimum atomic E-state index is -0.919. The molecular formula is C13H11BrN2O2. The number of nitrogens with zero attached hydrogens (tertiary/aromatic N) is 1. The second-order valence-corrected chi connectivity index (χ2v) is 4.66. The van der Waals surface area contributed by atoms with Gasteiger partial charge in [-0.05, 0) is 51.8 Å². The number of aromatic nitrogens is 1. The van der Waals surface area contributed by atoms with Gasteiger partial charge in [-0.15, -0.1) is 0 Å². The van der Waals surface area contributed by atoms with Crippen molar-refractivity contribution in [3.05, 3.63) is 58.3 Å². The van der Waals surface area contributed by atoms with Crippen molar-refractivity contribution >= 4 is 27.6 Å². The Hall–Kier alpha value is -1.88. The number of aromatic carboxylic acids is 1. The second kappa shape index (κ2) is 5.64. The molecule has 0 saturated carbocycles. The van der Waals surface area contributed by atoms with Crippen molar-refractivity contribution in [1.29, 1.82) is 0 Å². The van der Waals surface area contributed by atoms with E-state index in [4.69, 9.17) is 5.11 Å². The van der Waals surface area contributed by atoms with Crippen LogP contribution in [0.15, 0.2) is 47.2 Å². The van der Waals surface area contributed by atoms with Crippen molar-refractivity contribution in [3.63, 3.8) is 0 Å². The molecule has 1 aromatic carbocycles. The lowest BCUT2D eigenvalue weighted by Crippen LogP contribution is -2.01. The number of nitrogens with one attached hydrogen (secondary N) is 1. The lowest BCUT2D eigenvalue weighted by Gasteiger charge is -2.06. The lowest BCUT2D eigenvalue weighted by atomic mass is 10.2. The van der Waals surface area contributed by atoms with Crippen LogP contribution in [0.1, 0.15) is 15.9 Å². The van der Waals surface area contributed by atoms with Gasteiger partial charge in [0.2, 0.25) is 0 Å². The predicted molar refractivity (Wildman–Crippen MR) is 72.7 cm³/mol. The summed E-state index contributed by atoms with van der Waals surface area (Å²) in [6.07, 6.45) is 3.51. The van der Waals surface area contributed by atoms with Crippen molar-refractivity contribution < 1.29 is 9.90 Å². The van der Waals surface area contributed by atoms with Gasteiger partial charge in [0.15, 0.2) is 0 Å². The van der Waals surface area contributed by atoms with Gasteiger partial charge in [0.25, 0.3) is 0 Å². The average Bonchev–Trinajstić information content (AvgIpc) is 2.37. The lowest BCUT2D eigenvalue weighted by molar-refractivity contribution is 0.0697. The molecule has 2 rings (SSSR count). The van der Waals surface area contributed by atoms with Gasteiger partial charge in [-0.2, -0.15) is 0 Å². The van der Waals surface area contributed by atoms with E-state index in [1.54, 1.807) is 36.7 Å². The molecular weight excluding hydrogens is 296 g/mol. The highest BCUT2D eigenvalue weighted by Crippen LogP contribution is 2.13. The fraction of sp³-hybridized carbons (Fsp3) is 0.0769. The van der Waals surface area contributed by atoms with Crippen LogP contribution in [-0.4, -0.2) is 16.1 Å². The highest BCUT2D eigenvalue weighted by Gasteiger charge is 2.01. The van der Waals surface area contributed by atoms with Crippen LogP contribution in [0.5, 0.6) is 0 Å². The number of anilines is 1. The SMILES string of the molecule is O=C(O)c1ccc(NCc2cncc(Br)c2)cc1. The number of halogens is 1. The van der Waals surface area contributed by atoms with Crippen molar-refractivity contribution in [3.8, 4) is 0 Å². The van der Waals surface area contributed by atoms with Crippen LogP contribution in [0.4, 0.5) is 5.69 Å². The van der Waals surface area contributed by atoms with Crippen molar-refractivity contribution in [2.24, 2.45) is 0 Å². The van der Waals surface area contributed by atoms with Crippen LogP contribution < -0.4 is 5.32 Å². The number of carbonyl (C=O) groups is 1. The Balaban J connectivity index is 2.00. The highest BCUT2D eigenvalue weighted by atomic mass is 79.9. The number of carboxylic acids is 1. The Bertz CT molecular complexity index is 555. The number of benzene rings is 1. The van der Waals surface area contributed by atoms with E-state index in [-0.39, 0.29) is 5.56 Å². The highest BCUT2D eigenvalue weighted by molar-refractivity contribution is 9.10. The minimum Gasteiger partial charge on any atom is -0.478 e. The maximum atomic E-state index is 10.7. The van der Waals surface area contributed by atoms with E-state index in [0.29, 0.717) is 6.54 Å². The average molecular weight is 307 g/mol. The molecule has 0 saturated heterocycles. The van der Waals surface area contributed by atoms with Crippen molar-refractivity contribution in [2.45, 2.75) is 6.54 Å². The summed E-state index contributed by atoms with van der Waals surface area (Å²) >= 11 is 3.36. The first-order chi connectivity index (χ1) is 8.65. The van der Waals surface area contributed by atoms with Gasteiger partial charge in [0.05, 0.1) is 5.56 Å². The van der Waals surface area contributed by atoms with Gasteiger partial charge in [0.1, 0.15) is 0 Å². The van der Waals surface area contributed by atoms with Crippen LogP contribution in [-0.2, 0) is 6.54 Å². The molecule has 0 aliphatic carbocycles. The van der Waals surface area contributed by atoms with E-state index < -0.39 is 5.97 Å². The second-order valence-electron chi connectivity index (χ2n) is 3.75. The summed E-state index contributed by atoms with van der Waals surface area (Å²) in [6, 6.07) is 8.61. The van der Waals surface area contributed by atoms with E-state index in [1.165, 1.54) is 0 Å². The van der Waals surface area contributed by atoms with E-state index in [9.17, 15) is 4.79 Å². The normalized spacial score (nSPS) is 10.1. The smallest absolute Gasteiger partial charge is 0.335 e. The molecule has 0 amide bonds. The Morgan fingerprint density at radius 2 is 2.00 bits per heavy atom. The molecule has 0 aliphatic rings. The van der Waals surface area contributed by atoms with Crippen LogP contribution >= 0.6 is 15.9 Å². The summed E-state index contributed by atoms with van der Waals surface area (Å²) in [5.74, 6) is -0.919. The standard InChI is InChI=1S/C13H11BrN2O2/c14-11-5-9(6-15-8-11)7-16-12-3-1-10(2-4-12)13(17)18/h1-6,8,16H,7H2,(H,17,18). The molecule has 5 heteroatoms. The topological polar surface area (TPSA) is 62.2 Å². The molecule has 0 atom stereocenters. The van der Waals surface area contributed by atoms with E-state index in [2.05, 4.69) is 26.2 Å². The Morgan fingerprint density at radius 3 is 2.61 bits per heavy atom. The minimum absolute atomic E-state index is 0.282. The molecule has 0 unspecified atom stereocenters. The number of carboxylic acid groups (broad SMARTS) is 1. The largest absolute Gasteiger partial charge is 0.478 e. The van der Waals surface area contributed by atoms with Crippen LogP contribution in [0.3, 0.4) is 0 Å². The van der Waals surface area contributed by atoms with Gasteiger partial charge >= 0.3 is 5.97 Å². The first-order valence-electron chi connectivity index (χ1n) is 5.32. The quantitative estimate of drug-likeness (QED) is 0.911.